The number of hydrogen-bond acceptors (Lipinski definition) is 2. The van der Waals surface area contributed by atoms with Gasteiger partial charge in [-0.05, 0) is 25.2 Å². The fourth-order valence-electron chi connectivity index (χ4n) is 1.65. The molecule has 1 aliphatic carbocycles. The summed E-state index contributed by atoms with van der Waals surface area (Å²) in [6, 6.07) is 0. The average Bonchev–Trinajstić information content (AvgIpc) is 2.64. The van der Waals surface area contributed by atoms with E-state index in [2.05, 4.69) is 0 Å². The van der Waals surface area contributed by atoms with Gasteiger partial charge in [-0.15, -0.1) is 0 Å². The normalized spacial score (nSPS) is 48.3. The molecule has 0 radical (unpaired) electrons. The minimum Gasteiger partial charge on any atom is -0.396 e. The third-order valence-electron chi connectivity index (χ3n) is 2.37. The van der Waals surface area contributed by atoms with Crippen LogP contribution in [0, 0.1) is 5.92 Å². The van der Waals surface area contributed by atoms with Crippen LogP contribution in [0.5, 0.6) is 0 Å². The fraction of sp³-hybridized carbons (Fsp3) is 1.00. The topological polar surface area (TPSA) is 32.8 Å². The van der Waals surface area contributed by atoms with E-state index in [1.165, 1.54) is 6.42 Å². The Balaban J connectivity index is 1.86. The van der Waals surface area contributed by atoms with Crippen molar-refractivity contribution in [2.45, 2.75) is 31.5 Å². The summed E-state index contributed by atoms with van der Waals surface area (Å²) in [5.41, 5.74) is 0. The predicted molar refractivity (Wildman–Crippen MR) is 33.1 cm³/mol. The zero-order chi connectivity index (χ0) is 6.27. The van der Waals surface area contributed by atoms with Crippen LogP contribution in [0.1, 0.15) is 19.3 Å². The van der Waals surface area contributed by atoms with E-state index in [4.69, 9.17) is 9.84 Å². The van der Waals surface area contributed by atoms with E-state index in [1.807, 2.05) is 0 Å². The molecule has 1 saturated carbocycles. The smallest absolute Gasteiger partial charge is 0.0845 e. The van der Waals surface area contributed by atoms with Crippen LogP contribution in [0.15, 0.2) is 0 Å². The van der Waals surface area contributed by atoms with Crippen LogP contribution in [-0.4, -0.2) is 23.9 Å². The van der Waals surface area contributed by atoms with Crippen LogP contribution in [0.2, 0.25) is 0 Å². The van der Waals surface area contributed by atoms with Crippen molar-refractivity contribution in [3.63, 3.8) is 0 Å². The quantitative estimate of drug-likeness (QED) is 0.523. The van der Waals surface area contributed by atoms with Gasteiger partial charge in [0.1, 0.15) is 0 Å². The number of rotatable bonds is 1. The second-order valence-corrected chi connectivity index (χ2v) is 3.07. The van der Waals surface area contributed by atoms with Crippen LogP contribution in [0.3, 0.4) is 0 Å². The third kappa shape index (κ3) is 0.970. The van der Waals surface area contributed by atoms with Crippen LogP contribution >= 0.6 is 0 Å². The summed E-state index contributed by atoms with van der Waals surface area (Å²) < 4.78 is 5.30. The van der Waals surface area contributed by atoms with E-state index < -0.39 is 0 Å². The minimum absolute atomic E-state index is 0.354. The van der Waals surface area contributed by atoms with E-state index in [1.54, 1.807) is 0 Å². The van der Waals surface area contributed by atoms with Crippen molar-refractivity contribution in [1.82, 2.24) is 0 Å². The molecule has 0 amide bonds. The Kier molecular flexibility index (Phi) is 1.24. The van der Waals surface area contributed by atoms with Gasteiger partial charge in [0.05, 0.1) is 12.2 Å². The highest BCUT2D eigenvalue weighted by Gasteiger charge is 2.43. The van der Waals surface area contributed by atoms with Gasteiger partial charge in [0.15, 0.2) is 0 Å². The molecule has 52 valence electrons. The highest BCUT2D eigenvalue weighted by molar-refractivity contribution is 4.91. The molecular formula is C7H12O2. The summed E-state index contributed by atoms with van der Waals surface area (Å²) in [6.07, 6.45) is 4.54. The van der Waals surface area contributed by atoms with E-state index >= 15 is 0 Å². The first-order chi connectivity index (χ1) is 4.40. The molecule has 2 nitrogen and oxygen atoms in total. The summed E-state index contributed by atoms with van der Waals surface area (Å²) in [6.45, 7) is 0.354. The van der Waals surface area contributed by atoms with E-state index in [0.717, 1.165) is 12.8 Å². The molecule has 1 saturated heterocycles. The molecule has 2 aliphatic rings. The number of epoxide rings is 1. The van der Waals surface area contributed by atoms with Crippen molar-refractivity contribution in [3.8, 4) is 0 Å². The van der Waals surface area contributed by atoms with Gasteiger partial charge in [-0.3, -0.25) is 0 Å². The lowest BCUT2D eigenvalue weighted by Gasteiger charge is -2.14. The molecule has 0 aromatic rings. The molecule has 1 unspecified atom stereocenters. The lowest BCUT2D eigenvalue weighted by Crippen LogP contribution is -2.16. The molecule has 2 rings (SSSR count). The Morgan fingerprint density at radius 3 is 2.89 bits per heavy atom. The molecule has 1 N–H and O–H groups in total. The maximum absolute atomic E-state index is 8.77. The first-order valence-corrected chi connectivity index (χ1v) is 3.66. The van der Waals surface area contributed by atoms with Crippen LogP contribution in [0.4, 0.5) is 0 Å². The number of ether oxygens (including phenoxy) is 1. The number of fused-ring (bicyclic) bond motifs is 1. The maximum atomic E-state index is 8.77. The summed E-state index contributed by atoms with van der Waals surface area (Å²) in [5, 5.41) is 8.77. The van der Waals surface area contributed by atoms with E-state index in [9.17, 15) is 0 Å². The SMILES string of the molecule is OC[C@@H]1CC[C@@H]2OC2C1. The monoisotopic (exact) mass is 128 g/mol. The highest BCUT2D eigenvalue weighted by Crippen LogP contribution is 2.38. The van der Waals surface area contributed by atoms with Gasteiger partial charge in [0.25, 0.3) is 0 Å². The number of aliphatic hydroxyl groups excluding tert-OH is 1. The van der Waals surface area contributed by atoms with Crippen LogP contribution < -0.4 is 0 Å². The summed E-state index contributed by atoms with van der Waals surface area (Å²) >= 11 is 0. The van der Waals surface area contributed by atoms with Gasteiger partial charge < -0.3 is 9.84 Å². The van der Waals surface area contributed by atoms with Gasteiger partial charge in [-0.1, -0.05) is 0 Å². The average molecular weight is 128 g/mol. The summed E-state index contributed by atoms with van der Waals surface area (Å²) in [7, 11) is 0. The van der Waals surface area contributed by atoms with Gasteiger partial charge >= 0.3 is 0 Å². The lowest BCUT2D eigenvalue weighted by atomic mass is 9.90. The van der Waals surface area contributed by atoms with Crippen molar-refractivity contribution < 1.29 is 9.84 Å². The molecule has 9 heavy (non-hydrogen) atoms. The Labute approximate surface area is 54.8 Å². The zero-order valence-electron chi connectivity index (χ0n) is 5.42. The van der Waals surface area contributed by atoms with Crippen molar-refractivity contribution in [2.75, 3.05) is 6.61 Å². The highest BCUT2D eigenvalue weighted by atomic mass is 16.6. The van der Waals surface area contributed by atoms with Gasteiger partial charge in [-0.25, -0.2) is 0 Å². The van der Waals surface area contributed by atoms with Crippen LogP contribution in [-0.2, 0) is 4.74 Å². The molecule has 0 bridgehead atoms. The molecule has 0 aromatic carbocycles. The standard InChI is InChI=1S/C7H12O2/c8-4-5-1-2-6-7(3-5)9-6/h5-8H,1-4H2/t5-,6+,7?/m1/s1. The first kappa shape index (κ1) is 5.69. The predicted octanol–water partition coefficient (Wildman–Crippen LogP) is 0.546. The molecular weight excluding hydrogens is 116 g/mol. The maximum Gasteiger partial charge on any atom is 0.0845 e. The van der Waals surface area contributed by atoms with Crippen molar-refractivity contribution >= 4 is 0 Å². The van der Waals surface area contributed by atoms with Gasteiger partial charge in [-0.2, -0.15) is 0 Å². The number of aliphatic hydroxyl groups is 1. The Morgan fingerprint density at radius 2 is 2.22 bits per heavy atom. The summed E-state index contributed by atoms with van der Waals surface area (Å²) in [5.74, 6) is 0.536. The second kappa shape index (κ2) is 1.96. The molecule has 1 aliphatic heterocycles. The molecule has 1 heterocycles. The van der Waals surface area contributed by atoms with Gasteiger partial charge in [0, 0.05) is 6.61 Å². The molecule has 2 heteroatoms. The fourth-order valence-corrected chi connectivity index (χ4v) is 1.65. The summed E-state index contributed by atoms with van der Waals surface area (Å²) in [4.78, 5) is 0. The number of hydrogen-bond donors (Lipinski definition) is 1. The third-order valence-corrected chi connectivity index (χ3v) is 2.37. The Hall–Kier alpha value is -0.0800. The van der Waals surface area contributed by atoms with Gasteiger partial charge in [0.2, 0.25) is 0 Å². The molecule has 2 fully saturated rings. The van der Waals surface area contributed by atoms with Crippen molar-refractivity contribution in [2.24, 2.45) is 5.92 Å². The molecule has 0 spiro atoms. The van der Waals surface area contributed by atoms with E-state index in [0.29, 0.717) is 24.7 Å². The minimum atomic E-state index is 0.354. The largest absolute Gasteiger partial charge is 0.396 e. The lowest BCUT2D eigenvalue weighted by molar-refractivity contribution is 0.197. The Morgan fingerprint density at radius 1 is 1.33 bits per heavy atom. The molecule has 0 aromatic heterocycles. The Bertz CT molecular complexity index is 113. The molecule has 3 atom stereocenters. The second-order valence-electron chi connectivity index (χ2n) is 3.07. The van der Waals surface area contributed by atoms with Crippen molar-refractivity contribution in [1.29, 1.82) is 0 Å². The zero-order valence-corrected chi connectivity index (χ0v) is 5.42. The van der Waals surface area contributed by atoms with E-state index in [-0.39, 0.29) is 0 Å². The van der Waals surface area contributed by atoms with Crippen molar-refractivity contribution in [3.05, 3.63) is 0 Å². The first-order valence-electron chi connectivity index (χ1n) is 3.66. The van der Waals surface area contributed by atoms with Crippen LogP contribution in [0.25, 0.3) is 0 Å².